The fraction of sp³-hybridized carbons (Fsp3) is 0.333. The van der Waals surface area contributed by atoms with Gasteiger partial charge >= 0.3 is 6.11 Å². The molecule has 5 rings (SSSR count). The van der Waals surface area contributed by atoms with E-state index < -0.39 is 52.8 Å². The number of unbranched alkanes of at least 4 members (excludes halogenated alkanes) is 2. The SMILES string of the molecule is CCCCCC1COC(c2ccc(C(F)(F)Oc3ccc(-c4ccc(-c5cc(F)c(SCC)c(F)c5)c(F)c4)c(F)c3)c(F)c2)OC1. The molecule has 1 fully saturated rings. The fourth-order valence-electron chi connectivity index (χ4n) is 5.41. The Morgan fingerprint density at radius 2 is 1.36 bits per heavy atom. The third-order valence-corrected chi connectivity index (χ3v) is 8.79. The average Bonchev–Trinajstić information content (AvgIpc) is 3.03. The van der Waals surface area contributed by atoms with Gasteiger partial charge in [0.05, 0.1) is 23.7 Å². The first kappa shape index (κ1) is 34.8. The monoisotopic (exact) mass is 678 g/mol. The molecule has 0 radical (unpaired) electrons. The summed E-state index contributed by atoms with van der Waals surface area (Å²) in [4.78, 5) is -0.169. The molecule has 0 bridgehead atoms. The molecule has 3 nitrogen and oxygen atoms in total. The van der Waals surface area contributed by atoms with E-state index in [0.717, 1.165) is 79.9 Å². The Bertz CT molecular complexity index is 1680. The summed E-state index contributed by atoms with van der Waals surface area (Å²) in [5, 5.41) is 0. The van der Waals surface area contributed by atoms with Gasteiger partial charge in [-0.2, -0.15) is 8.78 Å². The van der Waals surface area contributed by atoms with Crippen molar-refractivity contribution in [3.05, 3.63) is 107 Å². The van der Waals surface area contributed by atoms with E-state index in [4.69, 9.17) is 14.2 Å². The van der Waals surface area contributed by atoms with Gasteiger partial charge in [-0.15, -0.1) is 11.8 Å². The average molecular weight is 679 g/mol. The molecule has 0 saturated carbocycles. The zero-order chi connectivity index (χ0) is 33.7. The maximum atomic E-state index is 15.1. The van der Waals surface area contributed by atoms with E-state index in [0.29, 0.717) is 25.0 Å². The molecule has 1 aliphatic heterocycles. The number of alkyl halides is 2. The Hall–Kier alpha value is -3.54. The Morgan fingerprint density at radius 1 is 0.723 bits per heavy atom. The van der Waals surface area contributed by atoms with E-state index in [1.165, 1.54) is 18.2 Å². The summed E-state index contributed by atoms with van der Waals surface area (Å²) in [5.74, 6) is -4.74. The van der Waals surface area contributed by atoms with Gasteiger partial charge in [0.2, 0.25) is 0 Å². The van der Waals surface area contributed by atoms with Gasteiger partial charge in [0, 0.05) is 28.7 Å². The Morgan fingerprint density at radius 3 is 1.98 bits per heavy atom. The lowest BCUT2D eigenvalue weighted by Gasteiger charge is -2.30. The van der Waals surface area contributed by atoms with Crippen molar-refractivity contribution in [3.63, 3.8) is 0 Å². The second-order valence-electron chi connectivity index (χ2n) is 11.3. The van der Waals surface area contributed by atoms with Crippen LogP contribution in [0.4, 0.5) is 30.7 Å². The maximum Gasteiger partial charge on any atom is 0.429 e. The topological polar surface area (TPSA) is 27.7 Å². The van der Waals surface area contributed by atoms with E-state index in [2.05, 4.69) is 6.92 Å². The lowest BCUT2D eigenvalue weighted by Crippen LogP contribution is -2.27. The van der Waals surface area contributed by atoms with Crippen LogP contribution in [0.25, 0.3) is 22.3 Å². The molecule has 47 heavy (non-hydrogen) atoms. The van der Waals surface area contributed by atoms with Gasteiger partial charge in [-0.1, -0.05) is 51.3 Å². The molecule has 11 heteroatoms. The highest BCUT2D eigenvalue weighted by atomic mass is 32.2. The summed E-state index contributed by atoms with van der Waals surface area (Å²) < 4.78 is 120. The van der Waals surface area contributed by atoms with Crippen LogP contribution in [-0.2, 0) is 15.6 Å². The quantitative estimate of drug-likeness (QED) is 0.0847. The molecule has 1 heterocycles. The second kappa shape index (κ2) is 15.1. The van der Waals surface area contributed by atoms with Crippen molar-refractivity contribution in [2.45, 2.75) is 56.8 Å². The van der Waals surface area contributed by atoms with E-state index in [1.807, 2.05) is 0 Å². The highest BCUT2D eigenvalue weighted by Gasteiger charge is 2.38. The third-order valence-electron chi connectivity index (χ3n) is 7.83. The molecule has 1 saturated heterocycles. The number of hydrogen-bond donors (Lipinski definition) is 0. The summed E-state index contributed by atoms with van der Waals surface area (Å²) in [6.07, 6.45) is -0.855. The van der Waals surface area contributed by atoms with Crippen LogP contribution >= 0.6 is 11.8 Å². The largest absolute Gasteiger partial charge is 0.429 e. The molecule has 0 aliphatic carbocycles. The van der Waals surface area contributed by atoms with E-state index in [9.17, 15) is 13.2 Å². The maximum absolute atomic E-state index is 15.1. The number of rotatable bonds is 12. The molecular weight excluding hydrogens is 645 g/mol. The summed E-state index contributed by atoms with van der Waals surface area (Å²) >= 11 is 0.979. The van der Waals surface area contributed by atoms with Crippen molar-refractivity contribution in [2.75, 3.05) is 19.0 Å². The van der Waals surface area contributed by atoms with Gasteiger partial charge in [0.15, 0.2) is 6.29 Å². The van der Waals surface area contributed by atoms with Crippen LogP contribution in [0.15, 0.2) is 71.6 Å². The third kappa shape index (κ3) is 8.13. The molecular formula is C36H33F7O3S. The van der Waals surface area contributed by atoms with Crippen LogP contribution in [0.2, 0.25) is 0 Å². The zero-order valence-corrected chi connectivity index (χ0v) is 26.6. The predicted molar refractivity (Wildman–Crippen MR) is 167 cm³/mol. The van der Waals surface area contributed by atoms with Crippen LogP contribution in [0.1, 0.15) is 56.9 Å². The number of hydrogen-bond acceptors (Lipinski definition) is 4. The smallest absolute Gasteiger partial charge is 0.429 e. The minimum Gasteiger partial charge on any atom is -0.429 e. The molecule has 250 valence electrons. The summed E-state index contributed by atoms with van der Waals surface area (Å²) in [7, 11) is 0. The molecule has 0 aromatic heterocycles. The standard InChI is InChI=1S/C36H33F7O3S/c1-3-5-6-7-21-19-44-35(45-20-21)23-9-13-28(31(39)15-23)36(42,43)46-25-10-12-26(30(38)18-25)22-8-11-27(29(37)14-22)24-16-32(40)34(47-4-2)33(41)17-24/h8-18,21,35H,3-7,19-20H2,1-2H3. The molecule has 4 aromatic rings. The number of ether oxygens (including phenoxy) is 3. The van der Waals surface area contributed by atoms with Crippen LogP contribution in [0.5, 0.6) is 5.75 Å². The molecule has 0 N–H and O–H groups in total. The molecule has 0 spiro atoms. The minimum atomic E-state index is -4.17. The van der Waals surface area contributed by atoms with Crippen molar-refractivity contribution in [1.82, 2.24) is 0 Å². The summed E-state index contributed by atoms with van der Waals surface area (Å²) in [6.45, 7) is 4.69. The fourth-order valence-corrected chi connectivity index (χ4v) is 6.09. The Labute approximate surface area is 273 Å². The first-order chi connectivity index (χ1) is 22.5. The molecule has 4 aromatic carbocycles. The van der Waals surface area contributed by atoms with Gasteiger partial charge in [-0.25, -0.2) is 22.0 Å². The summed E-state index contributed by atoms with van der Waals surface area (Å²) in [6, 6.07) is 11.4. The highest BCUT2D eigenvalue weighted by Crippen LogP contribution is 2.38. The van der Waals surface area contributed by atoms with Crippen LogP contribution in [0.3, 0.4) is 0 Å². The minimum absolute atomic E-state index is 0.0403. The predicted octanol–water partition coefficient (Wildman–Crippen LogP) is 11.2. The van der Waals surface area contributed by atoms with Gasteiger partial charge in [-0.05, 0) is 65.8 Å². The van der Waals surface area contributed by atoms with Crippen LogP contribution < -0.4 is 4.74 Å². The van der Waals surface area contributed by atoms with Crippen molar-refractivity contribution in [1.29, 1.82) is 0 Å². The number of halogens is 7. The molecule has 0 unspecified atom stereocenters. The molecule has 0 amide bonds. The van der Waals surface area contributed by atoms with Crippen molar-refractivity contribution >= 4 is 11.8 Å². The first-order valence-corrected chi connectivity index (χ1v) is 16.3. The number of benzene rings is 4. The lowest BCUT2D eigenvalue weighted by molar-refractivity contribution is -0.206. The molecule has 0 atom stereocenters. The zero-order valence-electron chi connectivity index (χ0n) is 25.7. The van der Waals surface area contributed by atoms with Crippen LogP contribution in [-0.4, -0.2) is 19.0 Å². The molecule has 1 aliphatic rings. The summed E-state index contributed by atoms with van der Waals surface area (Å²) in [5.41, 5.74) is -1.07. The van der Waals surface area contributed by atoms with Crippen molar-refractivity contribution in [2.24, 2.45) is 5.92 Å². The van der Waals surface area contributed by atoms with E-state index in [1.54, 1.807) is 6.92 Å². The van der Waals surface area contributed by atoms with Gasteiger partial charge < -0.3 is 14.2 Å². The van der Waals surface area contributed by atoms with Gasteiger partial charge in [0.1, 0.15) is 34.8 Å². The van der Waals surface area contributed by atoms with Crippen molar-refractivity contribution < 1.29 is 44.9 Å². The van der Waals surface area contributed by atoms with Crippen LogP contribution in [0, 0.1) is 35.0 Å². The Kier molecular flexibility index (Phi) is 11.2. The van der Waals surface area contributed by atoms with Gasteiger partial charge in [-0.3, -0.25) is 0 Å². The first-order valence-electron chi connectivity index (χ1n) is 15.3. The highest BCUT2D eigenvalue weighted by molar-refractivity contribution is 7.99. The van der Waals surface area contributed by atoms with Gasteiger partial charge in [0.25, 0.3) is 0 Å². The lowest BCUT2D eigenvalue weighted by atomic mass is 9.99. The van der Waals surface area contributed by atoms with E-state index >= 15 is 17.6 Å². The van der Waals surface area contributed by atoms with Crippen molar-refractivity contribution in [3.8, 4) is 28.0 Å². The van der Waals surface area contributed by atoms with E-state index in [-0.39, 0.29) is 38.6 Å². The Balaban J connectivity index is 1.27. The second-order valence-corrected chi connectivity index (χ2v) is 12.5. The number of thioether (sulfide) groups is 1. The normalized spacial score (nSPS) is 16.8.